The van der Waals surface area contributed by atoms with E-state index in [-0.39, 0.29) is 16.4 Å². The Morgan fingerprint density at radius 2 is 1.76 bits per heavy atom. The van der Waals surface area contributed by atoms with Crippen LogP contribution in [-0.2, 0) is 25.2 Å². The zero-order valence-electron chi connectivity index (χ0n) is 22.9. The van der Waals surface area contributed by atoms with Gasteiger partial charge in [0.25, 0.3) is 5.56 Å². The molecule has 0 spiro atoms. The van der Waals surface area contributed by atoms with Crippen molar-refractivity contribution < 1.29 is 17.9 Å². The minimum atomic E-state index is -4.47. The summed E-state index contributed by atoms with van der Waals surface area (Å²) in [6.45, 7) is 0.488. The fourth-order valence-corrected chi connectivity index (χ4v) is 7.02. The predicted octanol–water partition coefficient (Wildman–Crippen LogP) is 5.18. The number of ether oxygens (including phenoxy) is 1. The summed E-state index contributed by atoms with van der Waals surface area (Å²) in [5, 5.41) is 0.752. The van der Waals surface area contributed by atoms with Crippen LogP contribution in [0.2, 0.25) is 0 Å². The number of pyridine rings is 1. The van der Waals surface area contributed by atoms with E-state index >= 15 is 0 Å². The van der Waals surface area contributed by atoms with Crippen LogP contribution in [0.15, 0.2) is 35.6 Å². The Labute approximate surface area is 233 Å². The van der Waals surface area contributed by atoms with Gasteiger partial charge >= 0.3 is 6.18 Å². The Kier molecular flexibility index (Phi) is 5.78. The number of nitrogens with zero attached hydrogens (tertiary/aromatic N) is 7. The van der Waals surface area contributed by atoms with Crippen molar-refractivity contribution in [3.05, 3.63) is 58.4 Å². The number of aryl methyl sites for hydroxylation is 1. The molecule has 8 rings (SSSR count). The molecule has 4 fully saturated rings. The summed E-state index contributed by atoms with van der Waals surface area (Å²) in [7, 11) is 3.21. The Morgan fingerprint density at radius 3 is 2.39 bits per heavy atom. The van der Waals surface area contributed by atoms with Crippen LogP contribution < -0.4 is 10.3 Å². The molecule has 0 radical (unpaired) electrons. The molecule has 41 heavy (non-hydrogen) atoms. The van der Waals surface area contributed by atoms with Crippen molar-refractivity contribution in [2.45, 2.75) is 75.4 Å². The zero-order valence-corrected chi connectivity index (χ0v) is 22.9. The molecular formula is C29H30F3N7O2. The number of hydrogen-bond donors (Lipinski definition) is 0. The Balaban J connectivity index is 1.23. The summed E-state index contributed by atoms with van der Waals surface area (Å²) in [5.41, 5.74) is 0.572. The van der Waals surface area contributed by atoms with Crippen LogP contribution in [0.4, 0.5) is 13.2 Å². The Bertz CT molecular complexity index is 1700. The summed E-state index contributed by atoms with van der Waals surface area (Å²) in [6, 6.07) is 3.29. The number of aromatic nitrogens is 7. The lowest BCUT2D eigenvalue weighted by molar-refractivity contribution is -0.141. The van der Waals surface area contributed by atoms with Gasteiger partial charge in [-0.2, -0.15) is 13.2 Å². The van der Waals surface area contributed by atoms with Gasteiger partial charge in [0.15, 0.2) is 11.5 Å². The molecule has 12 heteroatoms. The largest absolute Gasteiger partial charge is 0.480 e. The van der Waals surface area contributed by atoms with E-state index < -0.39 is 11.9 Å². The molecule has 4 aromatic heterocycles. The van der Waals surface area contributed by atoms with E-state index in [0.717, 1.165) is 68.6 Å². The summed E-state index contributed by atoms with van der Waals surface area (Å²) in [6.07, 6.45) is 6.51. The van der Waals surface area contributed by atoms with Crippen molar-refractivity contribution in [1.29, 1.82) is 0 Å². The van der Waals surface area contributed by atoms with E-state index in [1.165, 1.54) is 6.33 Å². The summed E-state index contributed by atoms with van der Waals surface area (Å²) in [5.74, 6) is 1.66. The monoisotopic (exact) mass is 565 g/mol. The number of imidazole rings is 1. The molecular weight excluding hydrogens is 535 g/mol. The van der Waals surface area contributed by atoms with Crippen LogP contribution in [-0.4, -0.2) is 41.2 Å². The van der Waals surface area contributed by atoms with Gasteiger partial charge in [0.1, 0.15) is 23.4 Å². The molecule has 9 nitrogen and oxygen atoms in total. The first kappa shape index (κ1) is 26.1. The van der Waals surface area contributed by atoms with Crippen molar-refractivity contribution in [2.75, 3.05) is 7.11 Å². The third kappa shape index (κ3) is 4.29. The molecule has 0 atom stereocenters. The minimum absolute atomic E-state index is 0.142. The number of halogens is 3. The van der Waals surface area contributed by atoms with Crippen LogP contribution in [0.25, 0.3) is 22.4 Å². The lowest BCUT2D eigenvalue weighted by Gasteiger charge is -2.53. The van der Waals surface area contributed by atoms with Gasteiger partial charge in [0, 0.05) is 48.8 Å². The molecule has 0 amide bonds. The number of hydrogen-bond acceptors (Lipinski definition) is 7. The van der Waals surface area contributed by atoms with Crippen LogP contribution >= 0.6 is 0 Å². The first-order valence-electron chi connectivity index (χ1n) is 14.0. The maximum Gasteiger partial charge on any atom is 0.434 e. The van der Waals surface area contributed by atoms with Gasteiger partial charge in [0.2, 0.25) is 5.88 Å². The van der Waals surface area contributed by atoms with Gasteiger partial charge in [-0.1, -0.05) is 0 Å². The second kappa shape index (κ2) is 9.09. The molecule has 214 valence electrons. The molecule has 0 saturated heterocycles. The van der Waals surface area contributed by atoms with Crippen LogP contribution in [0.1, 0.15) is 74.5 Å². The van der Waals surface area contributed by atoms with Crippen molar-refractivity contribution in [3.63, 3.8) is 0 Å². The highest BCUT2D eigenvalue weighted by atomic mass is 19.4. The highest BCUT2D eigenvalue weighted by Gasteiger charge is 2.52. The minimum Gasteiger partial charge on any atom is -0.480 e. The molecule has 4 aliphatic rings. The Hall–Kier alpha value is -3.83. The topological polar surface area (TPSA) is 101 Å². The van der Waals surface area contributed by atoms with Gasteiger partial charge in [-0.25, -0.2) is 24.9 Å². The van der Waals surface area contributed by atoms with Gasteiger partial charge in [0.05, 0.1) is 12.8 Å². The van der Waals surface area contributed by atoms with Crippen LogP contribution in [0, 0.1) is 5.41 Å². The SMILES string of the molecule is COc1ncnc(C2CC2)c1-c1ncc2ccc(=O)n(CC34CCC(c5nc(C(F)(F)F)cn5C)(CC3)CC4)c2n1. The standard InChI is InChI=1S/C29H30F3N7O2/c1-38-14-19(29(30,31)32)36-26(38)28-10-7-27(8-11-28,9-12-28)15-39-20(40)6-5-18-13-33-23(37-24(18)39)21-22(17-3-4-17)34-16-35-25(21)41-2/h5-6,13-14,16-17H,3-4,7-12,15H2,1-2H3. The maximum atomic E-state index is 13.4. The molecule has 4 aromatic rings. The van der Waals surface area contributed by atoms with E-state index in [9.17, 15) is 18.0 Å². The second-order valence-electron chi connectivity index (χ2n) is 12.0. The van der Waals surface area contributed by atoms with Gasteiger partial charge in [-0.15, -0.1) is 0 Å². The third-order valence-electron chi connectivity index (χ3n) is 9.48. The molecule has 2 bridgehead atoms. The average Bonchev–Trinajstić information content (AvgIpc) is 3.74. The number of rotatable bonds is 6. The number of alkyl halides is 3. The predicted molar refractivity (Wildman–Crippen MR) is 143 cm³/mol. The fourth-order valence-electron chi connectivity index (χ4n) is 7.02. The van der Waals surface area contributed by atoms with Gasteiger partial charge in [-0.05, 0) is 62.8 Å². The van der Waals surface area contributed by atoms with Gasteiger partial charge in [-0.3, -0.25) is 9.36 Å². The molecule has 0 aromatic carbocycles. The van der Waals surface area contributed by atoms with Crippen molar-refractivity contribution in [2.24, 2.45) is 12.5 Å². The average molecular weight is 566 g/mol. The summed E-state index contributed by atoms with van der Waals surface area (Å²) < 4.78 is 48.9. The molecule has 4 saturated carbocycles. The normalized spacial score (nSPS) is 24.2. The molecule has 0 unspecified atom stereocenters. The Morgan fingerprint density at radius 1 is 1.02 bits per heavy atom. The van der Waals surface area contributed by atoms with E-state index in [0.29, 0.717) is 41.2 Å². The third-order valence-corrected chi connectivity index (χ3v) is 9.48. The zero-order chi connectivity index (χ0) is 28.6. The fraction of sp³-hybridized carbons (Fsp3) is 0.517. The van der Waals surface area contributed by atoms with Crippen molar-refractivity contribution in [3.8, 4) is 17.3 Å². The number of methoxy groups -OCH3 is 1. The van der Waals surface area contributed by atoms with E-state index in [4.69, 9.17) is 9.72 Å². The molecule has 0 aliphatic heterocycles. The van der Waals surface area contributed by atoms with Crippen molar-refractivity contribution in [1.82, 2.24) is 34.1 Å². The molecule has 4 aliphatic carbocycles. The lowest BCUT2D eigenvalue weighted by Crippen LogP contribution is -2.48. The maximum absolute atomic E-state index is 13.4. The highest BCUT2D eigenvalue weighted by Crippen LogP contribution is 2.58. The highest BCUT2D eigenvalue weighted by molar-refractivity contribution is 5.77. The van der Waals surface area contributed by atoms with E-state index in [1.54, 1.807) is 41.6 Å². The van der Waals surface area contributed by atoms with E-state index in [1.807, 2.05) is 0 Å². The van der Waals surface area contributed by atoms with Crippen molar-refractivity contribution >= 4 is 11.0 Å². The van der Waals surface area contributed by atoms with Crippen LogP contribution in [0.3, 0.4) is 0 Å². The first-order valence-corrected chi connectivity index (χ1v) is 14.0. The quantitative estimate of drug-likeness (QED) is 0.318. The first-order chi connectivity index (χ1) is 19.6. The van der Waals surface area contributed by atoms with Gasteiger partial charge < -0.3 is 9.30 Å². The second-order valence-corrected chi connectivity index (χ2v) is 12.0. The molecule has 4 heterocycles. The summed E-state index contributed by atoms with van der Waals surface area (Å²) >= 11 is 0. The smallest absolute Gasteiger partial charge is 0.434 e. The number of fused-ring (bicyclic) bond motifs is 4. The molecule has 0 N–H and O–H groups in total. The summed E-state index contributed by atoms with van der Waals surface area (Å²) in [4.78, 5) is 35.7. The van der Waals surface area contributed by atoms with E-state index in [2.05, 4.69) is 19.9 Å². The van der Waals surface area contributed by atoms with Crippen LogP contribution in [0.5, 0.6) is 5.88 Å². The lowest BCUT2D eigenvalue weighted by atomic mass is 9.53.